The molecule has 2 rings (SSSR count). The summed E-state index contributed by atoms with van der Waals surface area (Å²) in [5.74, 6) is 0.972. The Morgan fingerprint density at radius 2 is 2.00 bits per heavy atom. The molecule has 1 aliphatic rings. The minimum absolute atomic E-state index is 0.000768. The monoisotopic (exact) mass is 263 g/mol. The third-order valence-electron chi connectivity index (χ3n) is 4.18. The number of benzene rings is 1. The van der Waals surface area contributed by atoms with Crippen molar-refractivity contribution < 1.29 is 9.84 Å². The second-order valence-corrected chi connectivity index (χ2v) is 5.49. The van der Waals surface area contributed by atoms with Gasteiger partial charge in [-0.1, -0.05) is 31.0 Å². The van der Waals surface area contributed by atoms with Crippen LogP contribution in [0.2, 0.25) is 0 Å². The van der Waals surface area contributed by atoms with Crippen LogP contribution < -0.4 is 10.1 Å². The van der Waals surface area contributed by atoms with Crippen molar-refractivity contribution in [3.05, 3.63) is 29.8 Å². The van der Waals surface area contributed by atoms with E-state index in [4.69, 9.17) is 4.74 Å². The molecule has 3 heteroatoms. The molecule has 1 aromatic rings. The van der Waals surface area contributed by atoms with Crippen molar-refractivity contribution in [2.45, 2.75) is 44.1 Å². The summed E-state index contributed by atoms with van der Waals surface area (Å²) >= 11 is 0. The van der Waals surface area contributed by atoms with Crippen LogP contribution in [0.15, 0.2) is 24.3 Å². The maximum absolute atomic E-state index is 9.53. The maximum Gasteiger partial charge on any atom is 0.122 e. The zero-order chi connectivity index (χ0) is 13.6. The summed E-state index contributed by atoms with van der Waals surface area (Å²) in [5.41, 5.74) is 1.26. The van der Waals surface area contributed by atoms with Crippen molar-refractivity contribution in [1.29, 1.82) is 0 Å². The smallest absolute Gasteiger partial charge is 0.122 e. The number of hydrogen-bond acceptors (Lipinski definition) is 3. The van der Waals surface area contributed by atoms with Crippen molar-refractivity contribution in [2.75, 3.05) is 20.3 Å². The molecule has 0 unspecified atom stereocenters. The van der Waals surface area contributed by atoms with Crippen LogP contribution in [-0.2, 0) is 6.42 Å². The molecule has 1 saturated carbocycles. The molecule has 0 atom stereocenters. The summed E-state index contributed by atoms with van der Waals surface area (Å²) in [6.07, 6.45) is 6.77. The maximum atomic E-state index is 9.53. The van der Waals surface area contributed by atoms with E-state index in [-0.39, 0.29) is 12.1 Å². The Bertz CT molecular complexity index is 386. The van der Waals surface area contributed by atoms with Crippen LogP contribution >= 0.6 is 0 Å². The molecule has 0 saturated heterocycles. The lowest BCUT2D eigenvalue weighted by Crippen LogP contribution is -2.46. The fourth-order valence-corrected chi connectivity index (χ4v) is 2.98. The number of aliphatic hydroxyl groups is 1. The predicted molar refractivity (Wildman–Crippen MR) is 77.6 cm³/mol. The molecule has 3 nitrogen and oxygen atoms in total. The van der Waals surface area contributed by atoms with Crippen molar-refractivity contribution in [2.24, 2.45) is 0 Å². The van der Waals surface area contributed by atoms with E-state index in [0.717, 1.165) is 38.0 Å². The second-order valence-electron chi connectivity index (χ2n) is 5.49. The van der Waals surface area contributed by atoms with E-state index in [2.05, 4.69) is 17.4 Å². The molecule has 0 aliphatic heterocycles. The average molecular weight is 263 g/mol. The van der Waals surface area contributed by atoms with Gasteiger partial charge < -0.3 is 15.2 Å². The standard InChI is InChI=1S/C16H25NO2/c1-19-15-9-3-2-7-14(15)8-6-12-17-16(13-18)10-4-5-11-16/h2-3,7,9,17-18H,4-6,8,10-13H2,1H3. The third-order valence-corrected chi connectivity index (χ3v) is 4.18. The fraction of sp³-hybridized carbons (Fsp3) is 0.625. The molecule has 1 aliphatic carbocycles. The first-order valence-corrected chi connectivity index (χ1v) is 7.27. The Morgan fingerprint density at radius 1 is 1.26 bits per heavy atom. The van der Waals surface area contributed by atoms with E-state index in [1.165, 1.54) is 18.4 Å². The molecule has 106 valence electrons. The molecular weight excluding hydrogens is 238 g/mol. The number of para-hydroxylation sites is 1. The lowest BCUT2D eigenvalue weighted by Gasteiger charge is -2.28. The molecule has 0 spiro atoms. The largest absolute Gasteiger partial charge is 0.496 e. The van der Waals surface area contributed by atoms with Crippen molar-refractivity contribution in [1.82, 2.24) is 5.32 Å². The molecule has 0 aromatic heterocycles. The zero-order valence-corrected chi connectivity index (χ0v) is 11.8. The summed E-state index contributed by atoms with van der Waals surface area (Å²) in [7, 11) is 1.72. The van der Waals surface area contributed by atoms with Gasteiger partial charge in [0, 0.05) is 5.54 Å². The second kappa shape index (κ2) is 6.92. The van der Waals surface area contributed by atoms with Gasteiger partial charge in [-0.25, -0.2) is 0 Å². The number of methoxy groups -OCH3 is 1. The first-order chi connectivity index (χ1) is 9.29. The normalized spacial score (nSPS) is 17.6. The Morgan fingerprint density at radius 3 is 2.68 bits per heavy atom. The van der Waals surface area contributed by atoms with Crippen LogP contribution in [0, 0.1) is 0 Å². The highest BCUT2D eigenvalue weighted by molar-refractivity contribution is 5.33. The third kappa shape index (κ3) is 3.71. The van der Waals surface area contributed by atoms with Gasteiger partial charge in [-0.05, 0) is 43.9 Å². The van der Waals surface area contributed by atoms with Gasteiger partial charge in [-0.3, -0.25) is 0 Å². The van der Waals surface area contributed by atoms with Crippen molar-refractivity contribution >= 4 is 0 Å². The van der Waals surface area contributed by atoms with Gasteiger partial charge in [-0.2, -0.15) is 0 Å². The van der Waals surface area contributed by atoms with E-state index in [0.29, 0.717) is 0 Å². The minimum Gasteiger partial charge on any atom is -0.496 e. The highest BCUT2D eigenvalue weighted by Crippen LogP contribution is 2.29. The van der Waals surface area contributed by atoms with Gasteiger partial charge in [0.2, 0.25) is 0 Å². The quantitative estimate of drug-likeness (QED) is 0.743. The van der Waals surface area contributed by atoms with Gasteiger partial charge in [0.1, 0.15) is 5.75 Å². The first kappa shape index (κ1) is 14.4. The van der Waals surface area contributed by atoms with Crippen LogP contribution in [0.25, 0.3) is 0 Å². The number of aryl methyl sites for hydroxylation is 1. The van der Waals surface area contributed by atoms with Gasteiger partial charge in [-0.15, -0.1) is 0 Å². The topological polar surface area (TPSA) is 41.5 Å². The molecular formula is C16H25NO2. The minimum atomic E-state index is 0.000768. The fourth-order valence-electron chi connectivity index (χ4n) is 2.98. The summed E-state index contributed by atoms with van der Waals surface area (Å²) < 4.78 is 5.36. The lowest BCUT2D eigenvalue weighted by molar-refractivity contribution is 0.164. The molecule has 19 heavy (non-hydrogen) atoms. The van der Waals surface area contributed by atoms with E-state index in [1.54, 1.807) is 7.11 Å². The summed E-state index contributed by atoms with van der Waals surface area (Å²) in [4.78, 5) is 0. The zero-order valence-electron chi connectivity index (χ0n) is 11.8. The number of rotatable bonds is 7. The predicted octanol–water partition coefficient (Wildman–Crippen LogP) is 2.52. The number of ether oxygens (including phenoxy) is 1. The van der Waals surface area contributed by atoms with Gasteiger partial charge >= 0.3 is 0 Å². The summed E-state index contributed by atoms with van der Waals surface area (Å²) in [6, 6.07) is 8.18. The van der Waals surface area contributed by atoms with Crippen LogP contribution in [0.1, 0.15) is 37.7 Å². The molecule has 1 aromatic carbocycles. The molecule has 0 radical (unpaired) electrons. The molecule has 0 bridgehead atoms. The highest BCUT2D eigenvalue weighted by Gasteiger charge is 2.31. The number of nitrogens with one attached hydrogen (secondary N) is 1. The number of aliphatic hydroxyl groups excluding tert-OH is 1. The van der Waals surface area contributed by atoms with Crippen molar-refractivity contribution in [3.63, 3.8) is 0 Å². The Labute approximate surface area is 116 Å². The average Bonchev–Trinajstić information content (AvgIpc) is 2.93. The van der Waals surface area contributed by atoms with Gasteiger partial charge in [0.05, 0.1) is 13.7 Å². The summed E-state index contributed by atoms with van der Waals surface area (Å²) in [5, 5.41) is 13.1. The molecule has 0 amide bonds. The Balaban J connectivity index is 1.77. The van der Waals surface area contributed by atoms with Crippen LogP contribution in [0.4, 0.5) is 0 Å². The molecule has 1 fully saturated rings. The number of hydrogen-bond donors (Lipinski definition) is 2. The van der Waals surface area contributed by atoms with Gasteiger partial charge in [0.15, 0.2) is 0 Å². The van der Waals surface area contributed by atoms with Crippen LogP contribution in [0.5, 0.6) is 5.75 Å². The van der Waals surface area contributed by atoms with E-state index >= 15 is 0 Å². The van der Waals surface area contributed by atoms with E-state index in [1.807, 2.05) is 12.1 Å². The van der Waals surface area contributed by atoms with Gasteiger partial charge in [0.25, 0.3) is 0 Å². The molecule has 0 heterocycles. The Kier molecular flexibility index (Phi) is 5.23. The Hall–Kier alpha value is -1.06. The van der Waals surface area contributed by atoms with E-state index < -0.39 is 0 Å². The summed E-state index contributed by atoms with van der Waals surface area (Å²) in [6.45, 7) is 1.22. The van der Waals surface area contributed by atoms with E-state index in [9.17, 15) is 5.11 Å². The highest BCUT2D eigenvalue weighted by atomic mass is 16.5. The first-order valence-electron chi connectivity index (χ1n) is 7.27. The SMILES string of the molecule is COc1ccccc1CCCNC1(CO)CCCC1. The van der Waals surface area contributed by atoms with Crippen LogP contribution in [0.3, 0.4) is 0 Å². The molecule has 2 N–H and O–H groups in total. The van der Waals surface area contributed by atoms with Crippen LogP contribution in [-0.4, -0.2) is 30.9 Å². The lowest BCUT2D eigenvalue weighted by atomic mass is 9.98. The van der Waals surface area contributed by atoms with Crippen molar-refractivity contribution in [3.8, 4) is 5.75 Å².